The van der Waals surface area contributed by atoms with E-state index in [2.05, 4.69) is 0 Å². The Hall–Kier alpha value is -0.850. The normalized spacial score (nSPS) is 32.4. The number of hydrogen-bond acceptors (Lipinski definition) is 5. The fraction of sp³-hybridized carbons (Fsp3) is 0.500. The molecule has 3 unspecified atom stereocenters. The number of halogens is 1. The summed E-state index contributed by atoms with van der Waals surface area (Å²) in [6.07, 6.45) is -3.42. The molecule has 4 atom stereocenters. The van der Waals surface area contributed by atoms with Crippen LogP contribution >= 0.6 is 11.6 Å². The number of phenols is 1. The number of aliphatic hydroxyl groups is 3. The monoisotopic (exact) mass is 274 g/mol. The lowest BCUT2D eigenvalue weighted by atomic mass is 9.93. The van der Waals surface area contributed by atoms with Crippen LogP contribution in [0.5, 0.6) is 5.75 Å². The van der Waals surface area contributed by atoms with Gasteiger partial charge in [0, 0.05) is 17.0 Å². The molecule has 1 aromatic carbocycles. The Labute approximate surface area is 109 Å². The summed E-state index contributed by atoms with van der Waals surface area (Å²) in [6, 6.07) is 4.28. The largest absolute Gasteiger partial charge is 0.508 e. The maximum atomic E-state index is 9.92. The predicted molar refractivity (Wildman–Crippen MR) is 64.4 cm³/mol. The van der Waals surface area contributed by atoms with Gasteiger partial charge in [-0.2, -0.15) is 0 Å². The summed E-state index contributed by atoms with van der Waals surface area (Å²) in [6.45, 7) is -0.253. The third-order valence-corrected chi connectivity index (χ3v) is 3.38. The van der Waals surface area contributed by atoms with Crippen molar-refractivity contribution in [2.24, 2.45) is 0 Å². The molecule has 1 aliphatic rings. The number of aliphatic hydroxyl groups excluding tert-OH is 3. The van der Waals surface area contributed by atoms with E-state index in [0.717, 1.165) is 0 Å². The van der Waals surface area contributed by atoms with Crippen LogP contribution < -0.4 is 0 Å². The van der Waals surface area contributed by atoms with Crippen molar-refractivity contribution in [3.8, 4) is 5.75 Å². The van der Waals surface area contributed by atoms with Gasteiger partial charge in [0.05, 0.1) is 18.8 Å². The van der Waals surface area contributed by atoms with Gasteiger partial charge < -0.3 is 25.2 Å². The second-order valence-electron chi connectivity index (χ2n) is 4.36. The zero-order chi connectivity index (χ0) is 13.3. The molecule has 0 amide bonds. The highest BCUT2D eigenvalue weighted by Gasteiger charge is 2.38. The van der Waals surface area contributed by atoms with E-state index >= 15 is 0 Å². The molecule has 1 heterocycles. The Morgan fingerprint density at radius 1 is 1.33 bits per heavy atom. The van der Waals surface area contributed by atoms with E-state index < -0.39 is 24.4 Å². The molecule has 0 aromatic heterocycles. The zero-order valence-corrected chi connectivity index (χ0v) is 10.3. The Bertz CT molecular complexity index is 425. The van der Waals surface area contributed by atoms with Crippen molar-refractivity contribution in [3.05, 3.63) is 28.8 Å². The molecule has 100 valence electrons. The van der Waals surface area contributed by atoms with Crippen LogP contribution in [-0.4, -0.2) is 45.3 Å². The average molecular weight is 275 g/mol. The Kier molecular flexibility index (Phi) is 4.09. The van der Waals surface area contributed by atoms with Crippen molar-refractivity contribution < 1.29 is 25.2 Å². The number of rotatable bonds is 2. The number of hydrogen-bond donors (Lipinski definition) is 4. The molecule has 6 heteroatoms. The fourth-order valence-corrected chi connectivity index (χ4v) is 2.30. The van der Waals surface area contributed by atoms with Crippen LogP contribution in [0.2, 0.25) is 5.02 Å². The first-order valence-electron chi connectivity index (χ1n) is 5.63. The first-order chi connectivity index (χ1) is 8.52. The van der Waals surface area contributed by atoms with Gasteiger partial charge in [-0.05, 0) is 18.2 Å². The Balaban J connectivity index is 2.32. The summed E-state index contributed by atoms with van der Waals surface area (Å²) in [5, 5.41) is 38.5. The molecule has 1 aromatic rings. The minimum atomic E-state index is -1.15. The summed E-state index contributed by atoms with van der Waals surface area (Å²) in [4.78, 5) is 0. The van der Waals surface area contributed by atoms with E-state index in [0.29, 0.717) is 10.6 Å². The summed E-state index contributed by atoms with van der Waals surface area (Å²) >= 11 is 5.99. The molecule has 1 fully saturated rings. The van der Waals surface area contributed by atoms with Crippen molar-refractivity contribution in [1.82, 2.24) is 0 Å². The number of ether oxygens (including phenoxy) is 1. The summed E-state index contributed by atoms with van der Waals surface area (Å²) in [5.74, 6) is -0.00851. The standard InChI is InChI=1S/C12H15ClO5/c13-9-2-1-6(15)3-8(9)12-11(17)10(16)4-7(5-14)18-12/h1-3,7,10-12,14-17H,4-5H2/t7?,10?,11?,12-/m1/s1. The topological polar surface area (TPSA) is 90.2 Å². The first kappa shape index (κ1) is 13.6. The molecule has 5 nitrogen and oxygen atoms in total. The Morgan fingerprint density at radius 2 is 2.06 bits per heavy atom. The highest BCUT2D eigenvalue weighted by Crippen LogP contribution is 2.36. The Morgan fingerprint density at radius 3 is 2.72 bits per heavy atom. The van der Waals surface area contributed by atoms with Crippen molar-refractivity contribution in [1.29, 1.82) is 0 Å². The molecule has 0 saturated carbocycles. The highest BCUT2D eigenvalue weighted by atomic mass is 35.5. The van der Waals surface area contributed by atoms with Crippen LogP contribution in [0.3, 0.4) is 0 Å². The highest BCUT2D eigenvalue weighted by molar-refractivity contribution is 6.31. The third kappa shape index (κ3) is 2.60. The van der Waals surface area contributed by atoms with Gasteiger partial charge in [-0.1, -0.05) is 11.6 Å². The lowest BCUT2D eigenvalue weighted by Gasteiger charge is -2.37. The van der Waals surface area contributed by atoms with Gasteiger partial charge in [0.1, 0.15) is 18.0 Å². The van der Waals surface area contributed by atoms with Gasteiger partial charge in [0.25, 0.3) is 0 Å². The van der Waals surface area contributed by atoms with Crippen molar-refractivity contribution in [2.75, 3.05) is 6.61 Å². The summed E-state index contributed by atoms with van der Waals surface area (Å²) in [5.41, 5.74) is 0.390. The van der Waals surface area contributed by atoms with Gasteiger partial charge in [0.2, 0.25) is 0 Å². The van der Waals surface area contributed by atoms with Gasteiger partial charge in [-0.25, -0.2) is 0 Å². The molecule has 18 heavy (non-hydrogen) atoms. The minimum Gasteiger partial charge on any atom is -0.508 e. The van der Waals surface area contributed by atoms with Crippen LogP contribution in [0.1, 0.15) is 18.1 Å². The quantitative estimate of drug-likeness (QED) is 0.634. The zero-order valence-electron chi connectivity index (χ0n) is 9.53. The summed E-state index contributed by atoms with van der Waals surface area (Å²) in [7, 11) is 0. The molecule has 0 spiro atoms. The number of phenolic OH excluding ortho intramolecular Hbond substituents is 1. The van der Waals surface area contributed by atoms with Crippen molar-refractivity contribution in [2.45, 2.75) is 30.8 Å². The molecule has 2 rings (SSSR count). The van der Waals surface area contributed by atoms with Crippen molar-refractivity contribution in [3.63, 3.8) is 0 Å². The fourth-order valence-electron chi connectivity index (χ4n) is 2.08. The van der Waals surface area contributed by atoms with Gasteiger partial charge in [0.15, 0.2) is 0 Å². The van der Waals surface area contributed by atoms with E-state index in [1.807, 2.05) is 0 Å². The van der Waals surface area contributed by atoms with E-state index in [4.69, 9.17) is 21.4 Å². The van der Waals surface area contributed by atoms with E-state index in [1.54, 1.807) is 0 Å². The average Bonchev–Trinajstić information content (AvgIpc) is 2.35. The molecule has 1 saturated heterocycles. The van der Waals surface area contributed by atoms with Crippen LogP contribution in [0.25, 0.3) is 0 Å². The molecular formula is C12H15ClO5. The molecule has 1 aliphatic heterocycles. The maximum Gasteiger partial charge on any atom is 0.116 e. The van der Waals surface area contributed by atoms with Crippen LogP contribution in [0.4, 0.5) is 0 Å². The predicted octanol–water partition coefficient (Wildman–Crippen LogP) is 0.590. The van der Waals surface area contributed by atoms with Crippen LogP contribution in [-0.2, 0) is 4.74 Å². The van der Waals surface area contributed by atoms with Crippen LogP contribution in [0.15, 0.2) is 18.2 Å². The van der Waals surface area contributed by atoms with E-state index in [9.17, 15) is 15.3 Å². The molecule has 0 bridgehead atoms. The molecule has 0 radical (unpaired) electrons. The second-order valence-corrected chi connectivity index (χ2v) is 4.77. The molecule has 0 aliphatic carbocycles. The van der Waals surface area contributed by atoms with E-state index in [1.165, 1.54) is 18.2 Å². The SMILES string of the molecule is OCC1CC(O)C(O)[C@@H](c2cc(O)ccc2Cl)O1. The lowest BCUT2D eigenvalue weighted by Crippen LogP contribution is -2.44. The smallest absolute Gasteiger partial charge is 0.116 e. The van der Waals surface area contributed by atoms with Gasteiger partial charge >= 0.3 is 0 Å². The number of benzene rings is 1. The summed E-state index contributed by atoms with van der Waals surface area (Å²) < 4.78 is 5.48. The first-order valence-corrected chi connectivity index (χ1v) is 6.01. The van der Waals surface area contributed by atoms with Crippen molar-refractivity contribution >= 4 is 11.6 Å². The van der Waals surface area contributed by atoms with Gasteiger partial charge in [-0.3, -0.25) is 0 Å². The van der Waals surface area contributed by atoms with Crippen LogP contribution in [0, 0.1) is 0 Å². The maximum absolute atomic E-state index is 9.92. The second kappa shape index (κ2) is 5.42. The molecular weight excluding hydrogens is 260 g/mol. The lowest BCUT2D eigenvalue weighted by molar-refractivity contribution is -0.179. The third-order valence-electron chi connectivity index (χ3n) is 3.04. The van der Waals surface area contributed by atoms with Gasteiger partial charge in [-0.15, -0.1) is 0 Å². The number of aromatic hydroxyl groups is 1. The minimum absolute atomic E-state index is 0.00851. The van der Waals surface area contributed by atoms with E-state index in [-0.39, 0.29) is 18.8 Å². The molecule has 4 N–H and O–H groups in total.